The second-order valence-corrected chi connectivity index (χ2v) is 5.95. The number of carbonyl (C=O) groups is 2. The lowest BCUT2D eigenvalue weighted by Gasteiger charge is -2.34. The highest BCUT2D eigenvalue weighted by Crippen LogP contribution is 2.38. The molecule has 1 aromatic heterocycles. The predicted octanol–water partition coefficient (Wildman–Crippen LogP) is 1.73. The van der Waals surface area contributed by atoms with Crippen molar-refractivity contribution in [3.8, 4) is 5.75 Å². The van der Waals surface area contributed by atoms with Crippen molar-refractivity contribution in [3.05, 3.63) is 54.1 Å². The lowest BCUT2D eigenvalue weighted by molar-refractivity contribution is 0.0427. The minimum Gasteiger partial charge on any atom is -0.484 e. The number of benzene rings is 1. The fraction of sp³-hybridized carbons (Fsp3) is 0.294. The van der Waals surface area contributed by atoms with Gasteiger partial charge in [0.2, 0.25) is 0 Å². The van der Waals surface area contributed by atoms with Gasteiger partial charge in [0.05, 0.1) is 24.7 Å². The van der Waals surface area contributed by atoms with Crippen LogP contribution in [0.2, 0.25) is 0 Å². The van der Waals surface area contributed by atoms with Crippen molar-refractivity contribution in [3.63, 3.8) is 0 Å². The van der Waals surface area contributed by atoms with Gasteiger partial charge in [-0.15, -0.1) is 0 Å². The number of nitrogens with zero attached hydrogens (tertiary/aromatic N) is 3. The molecule has 1 spiro atoms. The standard InChI is InChI=1S/C17H15N3O3/c21-14-9-17(23-15-4-2-1-3-12(14)15)5-8-20(11-17)16(22)13-10-18-6-7-19-13/h1-4,6-7,10H,5,8-9,11H2. The third-order valence-corrected chi connectivity index (χ3v) is 4.38. The molecule has 0 aliphatic carbocycles. The van der Waals surface area contributed by atoms with Gasteiger partial charge < -0.3 is 9.64 Å². The summed E-state index contributed by atoms with van der Waals surface area (Å²) in [5, 5.41) is 0. The number of Topliss-reactive ketones (excluding diaryl/α,β-unsaturated/α-hetero) is 1. The molecule has 0 saturated carbocycles. The first-order valence-electron chi connectivity index (χ1n) is 7.53. The number of amides is 1. The molecule has 0 N–H and O–H groups in total. The molecule has 2 aliphatic heterocycles. The summed E-state index contributed by atoms with van der Waals surface area (Å²) in [5.41, 5.74) is 0.312. The van der Waals surface area contributed by atoms with Gasteiger partial charge in [0.15, 0.2) is 5.78 Å². The van der Waals surface area contributed by atoms with Crippen molar-refractivity contribution < 1.29 is 14.3 Å². The van der Waals surface area contributed by atoms with E-state index in [1.165, 1.54) is 18.6 Å². The second kappa shape index (κ2) is 5.15. The normalized spacial score (nSPS) is 22.8. The van der Waals surface area contributed by atoms with Gasteiger partial charge in [-0.2, -0.15) is 0 Å². The Morgan fingerprint density at radius 1 is 1.26 bits per heavy atom. The molecular formula is C17H15N3O3. The lowest BCUT2D eigenvalue weighted by atomic mass is 9.89. The van der Waals surface area contributed by atoms with E-state index >= 15 is 0 Å². The molecule has 1 atom stereocenters. The number of fused-ring (bicyclic) bond motifs is 1. The van der Waals surface area contributed by atoms with Gasteiger partial charge in [-0.3, -0.25) is 14.6 Å². The molecule has 1 unspecified atom stereocenters. The van der Waals surface area contributed by atoms with Crippen molar-refractivity contribution in [2.24, 2.45) is 0 Å². The number of carbonyl (C=O) groups excluding carboxylic acids is 2. The number of ether oxygens (including phenoxy) is 1. The van der Waals surface area contributed by atoms with E-state index < -0.39 is 5.60 Å². The highest BCUT2D eigenvalue weighted by atomic mass is 16.5. The van der Waals surface area contributed by atoms with Crippen LogP contribution in [-0.4, -0.2) is 45.2 Å². The van der Waals surface area contributed by atoms with Gasteiger partial charge >= 0.3 is 0 Å². The number of hydrogen-bond donors (Lipinski definition) is 0. The Balaban J connectivity index is 1.57. The van der Waals surface area contributed by atoms with Crippen LogP contribution in [-0.2, 0) is 0 Å². The van der Waals surface area contributed by atoms with Crippen molar-refractivity contribution in [2.45, 2.75) is 18.4 Å². The Hall–Kier alpha value is -2.76. The number of aromatic nitrogens is 2. The molecule has 0 bridgehead atoms. The Morgan fingerprint density at radius 2 is 2.13 bits per heavy atom. The molecule has 1 fully saturated rings. The molecule has 3 heterocycles. The van der Waals surface area contributed by atoms with E-state index in [0.29, 0.717) is 42.9 Å². The van der Waals surface area contributed by atoms with E-state index in [1.54, 1.807) is 17.0 Å². The van der Waals surface area contributed by atoms with E-state index in [9.17, 15) is 9.59 Å². The smallest absolute Gasteiger partial charge is 0.274 e. The maximum Gasteiger partial charge on any atom is 0.274 e. The summed E-state index contributed by atoms with van der Waals surface area (Å²) in [6, 6.07) is 7.27. The summed E-state index contributed by atoms with van der Waals surface area (Å²) in [7, 11) is 0. The second-order valence-electron chi connectivity index (χ2n) is 5.95. The molecule has 0 radical (unpaired) electrons. The third kappa shape index (κ3) is 2.36. The molecule has 2 aliphatic rings. The van der Waals surface area contributed by atoms with Crippen molar-refractivity contribution >= 4 is 11.7 Å². The summed E-state index contributed by atoms with van der Waals surface area (Å²) in [5.74, 6) is 0.503. The molecule has 1 amide bonds. The average Bonchev–Trinajstić information content (AvgIpc) is 2.98. The fourth-order valence-electron chi connectivity index (χ4n) is 3.26. The van der Waals surface area contributed by atoms with Crippen LogP contribution >= 0.6 is 0 Å². The molecule has 6 nitrogen and oxygen atoms in total. The minimum absolute atomic E-state index is 0.0700. The van der Waals surface area contributed by atoms with Gasteiger partial charge in [0.25, 0.3) is 5.91 Å². The highest BCUT2D eigenvalue weighted by Gasteiger charge is 2.47. The third-order valence-electron chi connectivity index (χ3n) is 4.38. The Labute approximate surface area is 133 Å². The van der Waals surface area contributed by atoms with Gasteiger partial charge in [0.1, 0.15) is 17.0 Å². The lowest BCUT2D eigenvalue weighted by Crippen LogP contribution is -2.45. The van der Waals surface area contributed by atoms with Gasteiger partial charge in [0, 0.05) is 25.4 Å². The minimum atomic E-state index is -0.622. The number of rotatable bonds is 1. The Kier molecular flexibility index (Phi) is 3.11. The van der Waals surface area contributed by atoms with E-state index in [2.05, 4.69) is 9.97 Å². The van der Waals surface area contributed by atoms with Crippen LogP contribution in [0.25, 0.3) is 0 Å². The maximum atomic E-state index is 12.5. The number of para-hydroxylation sites is 1. The van der Waals surface area contributed by atoms with Crippen LogP contribution < -0.4 is 4.74 Å². The van der Waals surface area contributed by atoms with Crippen LogP contribution in [0.4, 0.5) is 0 Å². The van der Waals surface area contributed by atoms with Crippen molar-refractivity contribution in [1.29, 1.82) is 0 Å². The first-order valence-corrected chi connectivity index (χ1v) is 7.53. The number of ketones is 1. The fourth-order valence-corrected chi connectivity index (χ4v) is 3.26. The Morgan fingerprint density at radius 3 is 2.96 bits per heavy atom. The Bertz CT molecular complexity index is 778. The predicted molar refractivity (Wildman–Crippen MR) is 81.3 cm³/mol. The van der Waals surface area contributed by atoms with Crippen LogP contribution in [0.15, 0.2) is 42.9 Å². The molecule has 6 heteroatoms. The monoisotopic (exact) mass is 309 g/mol. The molecule has 23 heavy (non-hydrogen) atoms. The first-order chi connectivity index (χ1) is 11.2. The first kappa shape index (κ1) is 13.9. The largest absolute Gasteiger partial charge is 0.484 e. The van der Waals surface area contributed by atoms with Crippen LogP contribution in [0.3, 0.4) is 0 Å². The summed E-state index contributed by atoms with van der Waals surface area (Å²) >= 11 is 0. The maximum absolute atomic E-state index is 12.5. The molecule has 4 rings (SSSR count). The topological polar surface area (TPSA) is 72.4 Å². The molecular weight excluding hydrogens is 294 g/mol. The summed E-state index contributed by atoms with van der Waals surface area (Å²) in [6.07, 6.45) is 5.42. The molecule has 1 aromatic carbocycles. The van der Waals surface area contributed by atoms with E-state index in [-0.39, 0.29) is 11.7 Å². The van der Waals surface area contributed by atoms with E-state index in [4.69, 9.17) is 4.74 Å². The van der Waals surface area contributed by atoms with Crippen LogP contribution in [0.1, 0.15) is 33.7 Å². The van der Waals surface area contributed by atoms with Gasteiger partial charge in [-0.05, 0) is 12.1 Å². The zero-order valence-electron chi connectivity index (χ0n) is 12.4. The van der Waals surface area contributed by atoms with Gasteiger partial charge in [-0.1, -0.05) is 12.1 Å². The molecule has 1 saturated heterocycles. The summed E-state index contributed by atoms with van der Waals surface area (Å²) in [6.45, 7) is 0.938. The zero-order chi connectivity index (χ0) is 15.9. The summed E-state index contributed by atoms with van der Waals surface area (Å²) in [4.78, 5) is 34.5. The summed E-state index contributed by atoms with van der Waals surface area (Å²) < 4.78 is 6.12. The number of likely N-dealkylation sites (tertiary alicyclic amines) is 1. The van der Waals surface area contributed by atoms with Gasteiger partial charge in [-0.25, -0.2) is 4.98 Å². The number of hydrogen-bond acceptors (Lipinski definition) is 5. The SMILES string of the molecule is O=C1CC2(CCN(C(=O)c3cnccn3)C2)Oc2ccccc21. The average molecular weight is 309 g/mol. The molecule has 116 valence electrons. The van der Waals surface area contributed by atoms with Crippen molar-refractivity contribution in [2.75, 3.05) is 13.1 Å². The highest BCUT2D eigenvalue weighted by molar-refractivity contribution is 6.00. The van der Waals surface area contributed by atoms with Crippen molar-refractivity contribution in [1.82, 2.24) is 14.9 Å². The molecule has 2 aromatic rings. The van der Waals surface area contributed by atoms with Crippen LogP contribution in [0.5, 0.6) is 5.75 Å². The quantitative estimate of drug-likeness (QED) is 0.802. The van der Waals surface area contributed by atoms with Crippen LogP contribution in [0, 0.1) is 0 Å². The van der Waals surface area contributed by atoms with E-state index in [1.807, 2.05) is 12.1 Å². The van der Waals surface area contributed by atoms with E-state index in [0.717, 1.165) is 0 Å². The zero-order valence-corrected chi connectivity index (χ0v) is 12.4.